The third-order valence-corrected chi connectivity index (χ3v) is 19.8. The topological polar surface area (TPSA) is 264 Å². The van der Waals surface area contributed by atoms with Crippen LogP contribution in [0, 0.1) is 10.8 Å². The molecule has 9 rings (SSSR count). The van der Waals surface area contributed by atoms with E-state index in [1.807, 2.05) is 133 Å². The molecule has 1 aliphatic rings. The number of hydrogen-bond acceptors (Lipinski definition) is 21. The van der Waals surface area contributed by atoms with E-state index in [-0.39, 0.29) is 25.2 Å². The van der Waals surface area contributed by atoms with E-state index >= 15 is 0 Å². The van der Waals surface area contributed by atoms with Crippen molar-refractivity contribution >= 4 is 72.5 Å². The van der Waals surface area contributed by atoms with E-state index in [1.54, 1.807) is 61.6 Å². The number of nitrogens with zero attached hydrogens (tertiary/aromatic N) is 10. The first-order valence-electron chi connectivity index (χ1n) is 32.9. The number of esters is 2. The number of nitrogens with one attached hydrogen (secondary N) is 1. The molecular weight excluding hydrogens is 1430 g/mol. The van der Waals surface area contributed by atoms with Crippen molar-refractivity contribution in [2.45, 2.75) is 152 Å². The Hall–Kier alpha value is -7.38. The molecule has 0 unspecified atom stereocenters. The highest BCUT2D eigenvalue weighted by Gasteiger charge is 2.52. The molecule has 1 fully saturated rings. The molecule has 99 heavy (non-hydrogen) atoms. The monoisotopic (exact) mass is 1530 g/mol. The van der Waals surface area contributed by atoms with Crippen LogP contribution in [0.25, 0.3) is 45.3 Å². The highest BCUT2D eigenvalue weighted by atomic mass is 79.9. The van der Waals surface area contributed by atoms with Gasteiger partial charge in [0.1, 0.15) is 26.7 Å². The number of rotatable bonds is 29. The summed E-state index contributed by atoms with van der Waals surface area (Å²) in [6.07, 6.45) is 3.40. The number of ether oxygens (including phenoxy) is 9. The maximum absolute atomic E-state index is 11.7. The number of pyridine rings is 2. The molecule has 1 N–H and O–H groups in total. The molecule has 6 heterocycles. The summed E-state index contributed by atoms with van der Waals surface area (Å²) in [5.41, 5.74) is 3.37. The molecule has 8 aromatic rings. The molecule has 536 valence electrons. The van der Waals surface area contributed by atoms with Crippen molar-refractivity contribution in [1.82, 2.24) is 54.7 Å². The second-order valence-electron chi connectivity index (χ2n) is 27.7. The van der Waals surface area contributed by atoms with Gasteiger partial charge in [0.2, 0.25) is 11.8 Å². The van der Waals surface area contributed by atoms with Crippen LogP contribution in [0.4, 0.5) is 0 Å². The fraction of sp³-hybridized carbons (Fsp3) is 0.486. The van der Waals surface area contributed by atoms with E-state index in [1.165, 1.54) is 14.2 Å². The lowest BCUT2D eigenvalue weighted by atomic mass is 9.80. The highest BCUT2D eigenvalue weighted by molar-refractivity contribution is 9.10. The van der Waals surface area contributed by atoms with Crippen molar-refractivity contribution in [3.05, 3.63) is 118 Å². The number of hydrogen-bond donors (Lipinski definition) is 1. The molecule has 0 spiro atoms. The molecule has 5 aromatic heterocycles. The Balaban J connectivity index is 0.000000209. The van der Waals surface area contributed by atoms with Crippen LogP contribution in [0.5, 0.6) is 29.8 Å². The summed E-state index contributed by atoms with van der Waals surface area (Å²) in [6.45, 7) is 39.1. The molecule has 1 saturated heterocycles. The summed E-state index contributed by atoms with van der Waals surface area (Å²) in [6, 6.07) is 34.5. The minimum absolute atomic E-state index is 0.182. The predicted molar refractivity (Wildman–Crippen MR) is 396 cm³/mol. The minimum atomic E-state index is -1.09. The number of aromatic nitrogens is 11. The van der Waals surface area contributed by atoms with Crippen LogP contribution in [0.15, 0.2) is 118 Å². The van der Waals surface area contributed by atoms with Crippen molar-refractivity contribution in [3.8, 4) is 75.1 Å². The number of halogens is 2. The van der Waals surface area contributed by atoms with E-state index in [4.69, 9.17) is 51.9 Å². The molecule has 24 nitrogen and oxygen atoms in total. The van der Waals surface area contributed by atoms with Crippen molar-refractivity contribution in [1.29, 1.82) is 0 Å². The van der Waals surface area contributed by atoms with Gasteiger partial charge in [-0.2, -0.15) is 19.6 Å². The van der Waals surface area contributed by atoms with E-state index in [0.29, 0.717) is 74.7 Å². The summed E-state index contributed by atoms with van der Waals surface area (Å²) in [4.78, 5) is 45.2. The van der Waals surface area contributed by atoms with Gasteiger partial charge in [0, 0.05) is 84.5 Å². The number of aromatic amines is 1. The number of carbonyl (C=O) groups excluding carboxylic acids is 2. The van der Waals surface area contributed by atoms with E-state index in [0.717, 1.165) is 73.4 Å². The fourth-order valence-electron chi connectivity index (χ4n) is 8.64. The first kappa shape index (κ1) is 80.6. The Morgan fingerprint density at radius 3 is 1.48 bits per heavy atom. The van der Waals surface area contributed by atoms with Gasteiger partial charge in [0.15, 0.2) is 17.5 Å². The molecule has 0 atom stereocenters. The van der Waals surface area contributed by atoms with Crippen molar-refractivity contribution in [2.24, 2.45) is 10.8 Å². The van der Waals surface area contributed by atoms with E-state index in [9.17, 15) is 9.59 Å². The quantitative estimate of drug-likeness (QED) is 0.0259. The zero-order chi connectivity index (χ0) is 72.8. The van der Waals surface area contributed by atoms with Crippen LogP contribution in [0.2, 0.25) is 51.4 Å². The van der Waals surface area contributed by atoms with Gasteiger partial charge in [-0.05, 0) is 130 Å². The fourth-order valence-corrected chi connectivity index (χ4v) is 10.7. The summed E-state index contributed by atoms with van der Waals surface area (Å²) in [5, 5.41) is 15.8. The second-order valence-corrected chi connectivity index (χ2v) is 40.8. The van der Waals surface area contributed by atoms with Gasteiger partial charge in [-0.1, -0.05) is 126 Å². The first-order chi connectivity index (χ1) is 46.7. The molecule has 0 bridgehead atoms. The van der Waals surface area contributed by atoms with Crippen LogP contribution >= 0.6 is 31.9 Å². The zero-order valence-corrected chi connectivity index (χ0v) is 66.0. The third-order valence-electron chi connectivity index (χ3n) is 15.4. The number of carbonyl (C=O) groups is 2. The summed E-state index contributed by atoms with van der Waals surface area (Å²) in [5.74, 6) is 2.30. The highest BCUT2D eigenvalue weighted by Crippen LogP contribution is 2.37. The zero-order valence-electron chi connectivity index (χ0n) is 60.8. The van der Waals surface area contributed by atoms with Crippen LogP contribution in [0.3, 0.4) is 0 Å². The van der Waals surface area contributed by atoms with Gasteiger partial charge in [0.05, 0.1) is 56.1 Å². The van der Waals surface area contributed by atoms with E-state index < -0.39 is 45.3 Å². The number of methoxy groups -OCH3 is 2. The van der Waals surface area contributed by atoms with Crippen molar-refractivity contribution in [3.63, 3.8) is 0 Å². The standard InChI is InChI=1S/C21H24N4O4.C17H26BNO5.2C16H24BrN3O2Si/c1-5-28-20-23-18(24-25-20)15-8-6-14(7-9-15)16-10-11-17(22-12-16)29-13-21(2,3)19(26)27-4;1-15(2,14(20)21-7)11-22-13-9-8-12(10-19-13)18-23-16(3,4)17(5,6)24-18;1-5-22-16-18-15(13-6-8-14(17)9-7-13)20(19-16)12-21-10-11-23(2,3)4;1-5-22-16-18-15(13-6-8-14(17)9-7-13)19-20(16)12-21-10-11-23(2,3)4/h6-12H,5,13H2,1-4H3,(H,23,24,25);8-10H,11H2,1-7H3;2*6-9H,5,10-12H2,1-4H3. The SMILES string of the molecule is CCOc1n[nH]c(-c2ccc(-c3ccc(OCC(C)(C)C(=O)OC)nc3)cc2)n1.CCOc1nc(-c2ccc(Br)cc2)n(COCC[Si](C)(C)C)n1.CCOc1nc(-c2ccc(Br)cc2)nn1COCC[Si](C)(C)C.COC(=O)C(C)(C)COc1ccc(B2OC(C)(C)C(C)(C)O2)cn1. The van der Waals surface area contributed by atoms with E-state index in [2.05, 4.69) is 116 Å². The van der Waals surface area contributed by atoms with Crippen LogP contribution in [-0.4, -0.2) is 162 Å². The Kier molecular flexibility index (Phi) is 30.0. The summed E-state index contributed by atoms with van der Waals surface area (Å²) in [7, 11) is 0.101. The van der Waals surface area contributed by atoms with Gasteiger partial charge in [-0.3, -0.25) is 14.7 Å². The maximum atomic E-state index is 11.7. The van der Waals surface area contributed by atoms with Crippen LogP contribution < -0.4 is 29.1 Å². The maximum Gasteiger partial charge on any atom is 0.496 e. The number of benzene rings is 3. The molecule has 0 radical (unpaired) electrons. The number of H-pyrrole nitrogens is 1. The normalized spacial score (nSPS) is 13.4. The summed E-state index contributed by atoms with van der Waals surface area (Å²) < 4.78 is 66.1. The van der Waals surface area contributed by atoms with Gasteiger partial charge in [-0.15, -0.1) is 15.3 Å². The molecule has 3 aromatic carbocycles. The molecule has 29 heteroatoms. The lowest BCUT2D eigenvalue weighted by Gasteiger charge is -2.32. The molecular formula is C70H98BBr2N11O13Si2. The Morgan fingerprint density at radius 1 is 0.545 bits per heavy atom. The van der Waals surface area contributed by atoms with Gasteiger partial charge < -0.3 is 51.9 Å². The molecule has 0 aliphatic carbocycles. The predicted octanol–water partition coefficient (Wildman–Crippen LogP) is 14.3. The minimum Gasteiger partial charge on any atom is -0.476 e. The molecule has 0 saturated carbocycles. The van der Waals surface area contributed by atoms with Crippen LogP contribution in [0.1, 0.15) is 76.2 Å². The summed E-state index contributed by atoms with van der Waals surface area (Å²) >= 11 is 6.88. The first-order valence-corrected chi connectivity index (χ1v) is 41.9. The van der Waals surface area contributed by atoms with Crippen LogP contribution in [-0.2, 0) is 51.3 Å². The third kappa shape index (κ3) is 25.3. The van der Waals surface area contributed by atoms with Gasteiger partial charge >= 0.3 is 37.1 Å². The Morgan fingerprint density at radius 2 is 1.01 bits per heavy atom. The van der Waals surface area contributed by atoms with Gasteiger partial charge in [0.25, 0.3) is 0 Å². The van der Waals surface area contributed by atoms with Crippen molar-refractivity contribution < 1.29 is 61.5 Å². The second kappa shape index (κ2) is 36.8. The lowest BCUT2D eigenvalue weighted by molar-refractivity contribution is -0.153. The smallest absolute Gasteiger partial charge is 0.476 e. The largest absolute Gasteiger partial charge is 0.496 e. The lowest BCUT2D eigenvalue weighted by Crippen LogP contribution is -2.41. The Labute approximate surface area is 602 Å². The van der Waals surface area contributed by atoms with Gasteiger partial charge in [-0.25, -0.2) is 14.6 Å². The molecule has 0 amide bonds. The van der Waals surface area contributed by atoms with Crippen molar-refractivity contribution in [2.75, 3.05) is 60.5 Å². The Bertz CT molecular complexity index is 3760. The average molecular weight is 1530 g/mol. The average Bonchev–Trinajstić information content (AvgIpc) is 1.64. The molecule has 1 aliphatic heterocycles.